The Morgan fingerprint density at radius 2 is 1.54 bits per heavy atom. The van der Waals surface area contributed by atoms with Gasteiger partial charge in [-0.3, -0.25) is 4.79 Å². The molecule has 24 heavy (non-hydrogen) atoms. The van der Waals surface area contributed by atoms with Gasteiger partial charge in [0.15, 0.2) is 0 Å². The Morgan fingerprint density at radius 3 is 2.17 bits per heavy atom. The first-order valence-electron chi connectivity index (χ1n) is 10.2. The molecule has 140 valence electrons. The number of carbonyl (C=O) groups is 2. The number of piperidine rings is 1. The van der Waals surface area contributed by atoms with Crippen molar-refractivity contribution in [2.75, 3.05) is 13.2 Å². The summed E-state index contributed by atoms with van der Waals surface area (Å²) < 4.78 is 5.13. The zero-order valence-electron chi connectivity index (χ0n) is 15.9. The standard InChI is InChI=1S/C20H37NO3/c1-3-5-6-7-8-9-10-11-12-16-19(22)21-17-14-13-15-18(21)20(23)24-4-2/h18H,3-17H2,1-2H3. The lowest BCUT2D eigenvalue weighted by molar-refractivity contribution is -0.156. The van der Waals surface area contributed by atoms with Gasteiger partial charge in [-0.15, -0.1) is 0 Å². The molecule has 1 amide bonds. The largest absolute Gasteiger partial charge is 0.464 e. The normalized spacial score (nSPS) is 17.8. The third-order valence-electron chi connectivity index (χ3n) is 4.88. The van der Waals surface area contributed by atoms with E-state index in [4.69, 9.17) is 4.74 Å². The van der Waals surface area contributed by atoms with E-state index in [0.29, 0.717) is 19.6 Å². The van der Waals surface area contributed by atoms with Crippen LogP contribution in [0.5, 0.6) is 0 Å². The minimum Gasteiger partial charge on any atom is -0.464 e. The maximum absolute atomic E-state index is 12.4. The molecule has 0 N–H and O–H groups in total. The van der Waals surface area contributed by atoms with Crippen LogP contribution in [-0.4, -0.2) is 36.0 Å². The van der Waals surface area contributed by atoms with E-state index in [0.717, 1.165) is 32.1 Å². The molecule has 0 aromatic heterocycles. The van der Waals surface area contributed by atoms with Gasteiger partial charge in [0.2, 0.25) is 5.91 Å². The summed E-state index contributed by atoms with van der Waals surface area (Å²) in [6.45, 7) is 5.15. The molecule has 0 aromatic carbocycles. The molecular weight excluding hydrogens is 302 g/mol. The predicted molar refractivity (Wildman–Crippen MR) is 97.8 cm³/mol. The number of hydrogen-bond acceptors (Lipinski definition) is 3. The van der Waals surface area contributed by atoms with Crippen molar-refractivity contribution in [3.8, 4) is 0 Å². The second kappa shape index (κ2) is 13.3. The van der Waals surface area contributed by atoms with Crippen LogP contribution in [0.25, 0.3) is 0 Å². The smallest absolute Gasteiger partial charge is 0.328 e. The molecule has 1 fully saturated rings. The molecule has 1 aliphatic heterocycles. The Kier molecular flexibility index (Phi) is 11.6. The van der Waals surface area contributed by atoms with Crippen molar-refractivity contribution in [3.63, 3.8) is 0 Å². The first-order valence-corrected chi connectivity index (χ1v) is 10.2. The summed E-state index contributed by atoms with van der Waals surface area (Å²) in [5, 5.41) is 0. The van der Waals surface area contributed by atoms with E-state index in [1.54, 1.807) is 4.90 Å². The number of likely N-dealkylation sites (tertiary alicyclic amines) is 1. The van der Waals surface area contributed by atoms with Crippen LogP contribution < -0.4 is 0 Å². The number of unbranched alkanes of at least 4 members (excludes halogenated alkanes) is 8. The van der Waals surface area contributed by atoms with Gasteiger partial charge in [0, 0.05) is 13.0 Å². The lowest BCUT2D eigenvalue weighted by Crippen LogP contribution is -2.48. The van der Waals surface area contributed by atoms with E-state index < -0.39 is 0 Å². The van der Waals surface area contributed by atoms with Crippen LogP contribution in [0.15, 0.2) is 0 Å². The van der Waals surface area contributed by atoms with Gasteiger partial charge in [0.1, 0.15) is 6.04 Å². The van der Waals surface area contributed by atoms with Crippen LogP contribution in [0.2, 0.25) is 0 Å². The lowest BCUT2D eigenvalue weighted by atomic mass is 10.0. The van der Waals surface area contributed by atoms with Crippen molar-refractivity contribution in [3.05, 3.63) is 0 Å². The van der Waals surface area contributed by atoms with E-state index in [1.807, 2.05) is 6.92 Å². The molecule has 0 bridgehead atoms. The highest BCUT2D eigenvalue weighted by molar-refractivity contribution is 5.84. The molecule has 4 nitrogen and oxygen atoms in total. The number of amides is 1. The second-order valence-electron chi connectivity index (χ2n) is 6.93. The van der Waals surface area contributed by atoms with Crippen molar-refractivity contribution in [1.29, 1.82) is 0 Å². The fourth-order valence-corrected chi connectivity index (χ4v) is 3.44. The average Bonchev–Trinajstić information content (AvgIpc) is 2.60. The van der Waals surface area contributed by atoms with Crippen LogP contribution in [0.4, 0.5) is 0 Å². The van der Waals surface area contributed by atoms with Crippen LogP contribution in [0, 0.1) is 0 Å². The first-order chi connectivity index (χ1) is 11.7. The van der Waals surface area contributed by atoms with Gasteiger partial charge < -0.3 is 9.64 Å². The number of ether oxygens (including phenoxy) is 1. The highest BCUT2D eigenvalue weighted by Crippen LogP contribution is 2.20. The summed E-state index contributed by atoms with van der Waals surface area (Å²) in [6.07, 6.45) is 14.6. The van der Waals surface area contributed by atoms with E-state index in [9.17, 15) is 9.59 Å². The maximum Gasteiger partial charge on any atom is 0.328 e. The molecule has 1 atom stereocenters. The zero-order chi connectivity index (χ0) is 17.6. The van der Waals surface area contributed by atoms with Gasteiger partial charge in [0.25, 0.3) is 0 Å². The molecule has 0 saturated carbocycles. The molecule has 0 spiro atoms. The third kappa shape index (κ3) is 8.16. The zero-order valence-corrected chi connectivity index (χ0v) is 15.9. The molecule has 1 aliphatic rings. The Morgan fingerprint density at radius 1 is 0.917 bits per heavy atom. The third-order valence-corrected chi connectivity index (χ3v) is 4.88. The number of hydrogen-bond donors (Lipinski definition) is 0. The quantitative estimate of drug-likeness (QED) is 0.377. The summed E-state index contributed by atoms with van der Waals surface area (Å²) in [7, 11) is 0. The Hall–Kier alpha value is -1.06. The maximum atomic E-state index is 12.4. The fraction of sp³-hybridized carbons (Fsp3) is 0.900. The van der Waals surface area contributed by atoms with E-state index in [2.05, 4.69) is 6.92 Å². The van der Waals surface area contributed by atoms with Crippen molar-refractivity contribution in [2.24, 2.45) is 0 Å². The van der Waals surface area contributed by atoms with Gasteiger partial charge in [-0.1, -0.05) is 58.3 Å². The van der Waals surface area contributed by atoms with Gasteiger partial charge in [-0.2, -0.15) is 0 Å². The number of esters is 1. The van der Waals surface area contributed by atoms with Crippen LogP contribution >= 0.6 is 0 Å². The average molecular weight is 340 g/mol. The molecule has 0 radical (unpaired) electrons. The highest BCUT2D eigenvalue weighted by atomic mass is 16.5. The van der Waals surface area contributed by atoms with E-state index in [-0.39, 0.29) is 17.9 Å². The minimum atomic E-state index is -0.343. The Balaban J connectivity index is 2.17. The SMILES string of the molecule is CCCCCCCCCCCC(=O)N1CCCCC1C(=O)OCC. The van der Waals surface area contributed by atoms with Crippen molar-refractivity contribution >= 4 is 11.9 Å². The molecule has 4 heteroatoms. The Labute approximate surface area is 148 Å². The fourth-order valence-electron chi connectivity index (χ4n) is 3.44. The molecule has 1 rings (SSSR count). The van der Waals surface area contributed by atoms with Crippen molar-refractivity contribution in [1.82, 2.24) is 4.90 Å². The predicted octanol–water partition coefficient (Wildman–Crippen LogP) is 4.85. The van der Waals surface area contributed by atoms with E-state index >= 15 is 0 Å². The molecule has 0 aliphatic carbocycles. The molecular formula is C20H37NO3. The number of nitrogens with zero attached hydrogens (tertiary/aromatic N) is 1. The van der Waals surface area contributed by atoms with Crippen molar-refractivity contribution < 1.29 is 14.3 Å². The molecule has 1 saturated heterocycles. The number of rotatable bonds is 12. The number of carbonyl (C=O) groups excluding carboxylic acids is 2. The van der Waals surface area contributed by atoms with Crippen molar-refractivity contribution in [2.45, 2.75) is 103 Å². The summed E-state index contributed by atoms with van der Waals surface area (Å²) in [5.41, 5.74) is 0. The second-order valence-corrected chi connectivity index (χ2v) is 6.93. The monoisotopic (exact) mass is 339 g/mol. The van der Waals surface area contributed by atoms with Crippen LogP contribution in [0.3, 0.4) is 0 Å². The summed E-state index contributed by atoms with van der Waals surface area (Å²) in [5.74, 6) is -0.0895. The molecule has 1 unspecified atom stereocenters. The van der Waals surface area contributed by atoms with Crippen LogP contribution in [-0.2, 0) is 14.3 Å². The first kappa shape index (κ1) is 21.0. The molecule has 0 aromatic rings. The van der Waals surface area contributed by atoms with Gasteiger partial charge in [-0.25, -0.2) is 4.79 Å². The van der Waals surface area contributed by atoms with Gasteiger partial charge in [-0.05, 0) is 32.6 Å². The van der Waals surface area contributed by atoms with Crippen LogP contribution in [0.1, 0.15) is 97.3 Å². The highest BCUT2D eigenvalue weighted by Gasteiger charge is 2.32. The molecule has 1 heterocycles. The summed E-state index contributed by atoms with van der Waals surface area (Å²) >= 11 is 0. The lowest BCUT2D eigenvalue weighted by Gasteiger charge is -2.34. The van der Waals surface area contributed by atoms with E-state index in [1.165, 1.54) is 44.9 Å². The van der Waals surface area contributed by atoms with Gasteiger partial charge >= 0.3 is 5.97 Å². The summed E-state index contributed by atoms with van der Waals surface area (Å²) in [4.78, 5) is 26.2. The topological polar surface area (TPSA) is 46.6 Å². The Bertz CT molecular complexity index is 357. The minimum absolute atomic E-state index is 0.135. The van der Waals surface area contributed by atoms with Gasteiger partial charge in [0.05, 0.1) is 6.61 Å². The summed E-state index contributed by atoms with van der Waals surface area (Å²) in [6, 6.07) is -0.343.